The zero-order chi connectivity index (χ0) is 27.3. The summed E-state index contributed by atoms with van der Waals surface area (Å²) >= 11 is 4.54. The lowest BCUT2D eigenvalue weighted by Crippen LogP contribution is -2.50. The zero-order valence-corrected chi connectivity index (χ0v) is 23.9. The number of carbonyl (C=O) groups excluding carboxylic acids is 3. The smallest absolute Gasteiger partial charge is 0.326 e. The van der Waals surface area contributed by atoms with Gasteiger partial charge in [0.1, 0.15) is 18.1 Å². The van der Waals surface area contributed by atoms with E-state index in [1.54, 1.807) is 19.1 Å². The SMILES string of the molecule is CCOC(=O)Cn1c(=NC(=O)CS(=O)(=O)CC(=O)N2CCN(c3ccccc3)CC2)sc2cc(Br)ccc21. The number of sulfone groups is 1. The quantitative estimate of drug-likeness (QED) is 0.353. The molecular formula is C25H27BrN4O6S2. The molecule has 4 rings (SSSR count). The van der Waals surface area contributed by atoms with Gasteiger partial charge in [-0.2, -0.15) is 4.99 Å². The number of esters is 1. The molecule has 0 bridgehead atoms. The average molecular weight is 624 g/mol. The van der Waals surface area contributed by atoms with E-state index in [0.29, 0.717) is 31.7 Å². The van der Waals surface area contributed by atoms with Crippen LogP contribution in [0.1, 0.15) is 6.92 Å². The Hall–Kier alpha value is -3.03. The lowest BCUT2D eigenvalue weighted by molar-refractivity contribution is -0.143. The van der Waals surface area contributed by atoms with E-state index in [4.69, 9.17) is 4.74 Å². The minimum atomic E-state index is -4.05. The average Bonchev–Trinajstić information content (AvgIpc) is 3.19. The molecule has 0 spiro atoms. The Balaban J connectivity index is 1.43. The molecule has 1 saturated heterocycles. The maximum absolute atomic E-state index is 12.7. The van der Waals surface area contributed by atoms with Gasteiger partial charge in [0.05, 0.1) is 16.8 Å². The highest BCUT2D eigenvalue weighted by atomic mass is 79.9. The molecule has 2 amide bonds. The Morgan fingerprint density at radius 3 is 2.42 bits per heavy atom. The van der Waals surface area contributed by atoms with Crippen LogP contribution in [0.3, 0.4) is 0 Å². The normalized spacial score (nSPS) is 14.6. The van der Waals surface area contributed by atoms with Crippen molar-refractivity contribution in [3.8, 4) is 0 Å². The third-order valence-electron chi connectivity index (χ3n) is 5.90. The molecule has 0 atom stereocenters. The summed E-state index contributed by atoms with van der Waals surface area (Å²) in [7, 11) is -4.05. The molecule has 0 saturated carbocycles. The number of benzene rings is 2. The van der Waals surface area contributed by atoms with Gasteiger partial charge < -0.3 is 19.1 Å². The van der Waals surface area contributed by atoms with Crippen molar-refractivity contribution in [2.75, 3.05) is 49.2 Å². The molecule has 1 aliphatic rings. The number of piperazine rings is 1. The minimum absolute atomic E-state index is 0.176. The van der Waals surface area contributed by atoms with Crippen LogP contribution in [0.15, 0.2) is 58.0 Å². The fourth-order valence-corrected chi connectivity index (χ4v) is 6.83. The summed E-state index contributed by atoms with van der Waals surface area (Å²) in [5.74, 6) is -3.61. The van der Waals surface area contributed by atoms with Crippen molar-refractivity contribution in [1.82, 2.24) is 9.47 Å². The van der Waals surface area contributed by atoms with Gasteiger partial charge in [-0.15, -0.1) is 0 Å². The van der Waals surface area contributed by atoms with Crippen LogP contribution in [0.25, 0.3) is 10.2 Å². The van der Waals surface area contributed by atoms with Gasteiger partial charge in [-0.3, -0.25) is 14.4 Å². The predicted molar refractivity (Wildman–Crippen MR) is 149 cm³/mol. The van der Waals surface area contributed by atoms with Crippen LogP contribution in [0, 0.1) is 0 Å². The van der Waals surface area contributed by atoms with E-state index in [9.17, 15) is 22.8 Å². The van der Waals surface area contributed by atoms with Gasteiger partial charge in [0.2, 0.25) is 5.91 Å². The number of anilines is 1. The molecular weight excluding hydrogens is 596 g/mol. The maximum Gasteiger partial charge on any atom is 0.326 e. The Morgan fingerprint density at radius 2 is 1.74 bits per heavy atom. The Bertz CT molecular complexity index is 1510. The number of carbonyl (C=O) groups is 3. The van der Waals surface area contributed by atoms with Crippen molar-refractivity contribution < 1.29 is 27.5 Å². The summed E-state index contributed by atoms with van der Waals surface area (Å²) < 4.78 is 33.5. The second-order valence-electron chi connectivity index (χ2n) is 8.63. The summed E-state index contributed by atoms with van der Waals surface area (Å²) in [6, 6.07) is 15.2. The van der Waals surface area contributed by atoms with Crippen molar-refractivity contribution in [1.29, 1.82) is 0 Å². The standard InChI is InChI=1S/C25H27BrN4O6S2/c1-2-36-24(33)15-30-20-9-8-18(26)14-21(20)37-25(30)27-22(31)16-38(34,35)17-23(32)29-12-10-28(11-13-29)19-6-4-3-5-7-19/h3-9,14H,2,10-13,15-17H2,1H3. The first-order valence-corrected chi connectivity index (χ1v) is 15.4. The van der Waals surface area contributed by atoms with Crippen LogP contribution < -0.4 is 9.70 Å². The predicted octanol–water partition coefficient (Wildman–Crippen LogP) is 2.22. The molecule has 38 heavy (non-hydrogen) atoms. The molecule has 1 aromatic heterocycles. The zero-order valence-electron chi connectivity index (χ0n) is 20.7. The van der Waals surface area contributed by atoms with E-state index in [2.05, 4.69) is 25.8 Å². The van der Waals surface area contributed by atoms with Crippen molar-refractivity contribution in [3.63, 3.8) is 0 Å². The number of ether oxygens (including phenoxy) is 1. The molecule has 1 fully saturated rings. The third kappa shape index (κ3) is 7.08. The first kappa shape index (κ1) is 28.0. The van der Waals surface area contributed by atoms with Crippen LogP contribution in [-0.2, 0) is 35.5 Å². The van der Waals surface area contributed by atoms with E-state index in [0.717, 1.165) is 26.2 Å². The van der Waals surface area contributed by atoms with Gasteiger partial charge >= 0.3 is 5.97 Å². The largest absolute Gasteiger partial charge is 0.465 e. The topological polar surface area (TPSA) is 118 Å². The van der Waals surface area contributed by atoms with Gasteiger partial charge in [-0.05, 0) is 37.3 Å². The third-order valence-corrected chi connectivity index (χ3v) is 8.81. The number of nitrogens with zero attached hydrogens (tertiary/aromatic N) is 4. The maximum atomic E-state index is 12.7. The van der Waals surface area contributed by atoms with Crippen LogP contribution in [-0.4, -0.2) is 80.0 Å². The molecule has 0 radical (unpaired) electrons. The summed E-state index contributed by atoms with van der Waals surface area (Å²) in [4.78, 5) is 45.4. The lowest BCUT2D eigenvalue weighted by atomic mass is 10.2. The lowest BCUT2D eigenvalue weighted by Gasteiger charge is -2.36. The molecule has 3 aromatic rings. The van der Waals surface area contributed by atoms with Gasteiger partial charge in [-0.1, -0.05) is 45.5 Å². The number of hydrogen-bond acceptors (Lipinski definition) is 8. The molecule has 0 N–H and O–H groups in total. The van der Waals surface area contributed by atoms with Crippen LogP contribution in [0.4, 0.5) is 5.69 Å². The van der Waals surface area contributed by atoms with Gasteiger partial charge in [-0.25, -0.2) is 8.42 Å². The molecule has 2 heterocycles. The Labute approximate surface area is 232 Å². The number of rotatable bonds is 8. The van der Waals surface area contributed by atoms with E-state index in [-0.39, 0.29) is 18.0 Å². The number of hydrogen-bond donors (Lipinski definition) is 0. The molecule has 1 aliphatic heterocycles. The second kappa shape index (κ2) is 12.2. The van der Waals surface area contributed by atoms with E-state index < -0.39 is 39.1 Å². The highest BCUT2D eigenvalue weighted by Crippen LogP contribution is 2.22. The highest BCUT2D eigenvalue weighted by Gasteiger charge is 2.27. The van der Waals surface area contributed by atoms with Gasteiger partial charge in [0.25, 0.3) is 5.91 Å². The van der Waals surface area contributed by atoms with Crippen molar-refractivity contribution in [3.05, 3.63) is 57.8 Å². The molecule has 10 nitrogen and oxygen atoms in total. The van der Waals surface area contributed by atoms with Crippen LogP contribution in [0.5, 0.6) is 0 Å². The molecule has 2 aromatic carbocycles. The van der Waals surface area contributed by atoms with Crippen LogP contribution in [0.2, 0.25) is 0 Å². The summed E-state index contributed by atoms with van der Waals surface area (Å²) in [6.07, 6.45) is 0. The number of fused-ring (bicyclic) bond motifs is 1. The molecule has 13 heteroatoms. The number of aromatic nitrogens is 1. The first-order chi connectivity index (χ1) is 18.1. The molecule has 0 aliphatic carbocycles. The van der Waals surface area contributed by atoms with Gasteiger partial charge in [0, 0.05) is 36.3 Å². The monoisotopic (exact) mass is 622 g/mol. The van der Waals surface area contributed by atoms with Crippen LogP contribution >= 0.6 is 27.3 Å². The minimum Gasteiger partial charge on any atom is -0.465 e. The van der Waals surface area contributed by atoms with E-state index in [1.807, 2.05) is 36.4 Å². The molecule has 0 unspecified atom stereocenters. The summed E-state index contributed by atoms with van der Waals surface area (Å²) in [6.45, 7) is 3.68. The molecule has 202 valence electrons. The number of halogens is 1. The number of para-hydroxylation sites is 1. The van der Waals surface area contributed by atoms with Crippen molar-refractivity contribution in [2.24, 2.45) is 4.99 Å². The first-order valence-electron chi connectivity index (χ1n) is 12.0. The van der Waals surface area contributed by atoms with E-state index >= 15 is 0 Å². The summed E-state index contributed by atoms with van der Waals surface area (Å²) in [5.41, 5.74) is 1.71. The second-order valence-corrected chi connectivity index (χ2v) is 12.6. The van der Waals surface area contributed by atoms with Crippen molar-refractivity contribution >= 4 is 70.8 Å². The van der Waals surface area contributed by atoms with E-state index in [1.165, 1.54) is 9.47 Å². The highest BCUT2D eigenvalue weighted by molar-refractivity contribution is 9.10. The fourth-order valence-electron chi connectivity index (χ4n) is 4.13. The Morgan fingerprint density at radius 1 is 1.03 bits per heavy atom. The van der Waals surface area contributed by atoms with Crippen molar-refractivity contribution in [2.45, 2.75) is 13.5 Å². The Kier molecular flexibility index (Phi) is 9.00. The summed E-state index contributed by atoms with van der Waals surface area (Å²) in [5, 5.41) is 0. The van der Waals surface area contributed by atoms with Gasteiger partial charge in [0.15, 0.2) is 14.6 Å². The number of thiazole rings is 1. The fraction of sp³-hybridized carbons (Fsp3) is 0.360. The number of amides is 2.